The van der Waals surface area contributed by atoms with E-state index in [2.05, 4.69) is 0 Å². The smallest absolute Gasteiger partial charge is 0.225 e. The second-order valence-electron chi connectivity index (χ2n) is 5.78. The Morgan fingerprint density at radius 2 is 2.05 bits per heavy atom. The molecule has 1 aromatic heterocycles. The summed E-state index contributed by atoms with van der Waals surface area (Å²) in [5.74, 6) is 0.681. The zero-order chi connectivity index (χ0) is 14.5. The van der Waals surface area contributed by atoms with Crippen molar-refractivity contribution in [3.05, 3.63) is 22.4 Å². The van der Waals surface area contributed by atoms with Crippen molar-refractivity contribution < 1.29 is 9.59 Å². The first kappa shape index (κ1) is 15.2. The van der Waals surface area contributed by atoms with Crippen LogP contribution in [0.15, 0.2) is 17.5 Å². The second kappa shape index (κ2) is 7.02. The van der Waals surface area contributed by atoms with Gasteiger partial charge in [0.05, 0.1) is 11.4 Å². The maximum Gasteiger partial charge on any atom is 0.225 e. The highest BCUT2D eigenvalue weighted by Crippen LogP contribution is 2.30. The van der Waals surface area contributed by atoms with Crippen molar-refractivity contribution in [3.63, 3.8) is 0 Å². The molecule has 0 aliphatic heterocycles. The molecule has 0 spiro atoms. The average molecular weight is 293 g/mol. The molecule has 0 N–H and O–H groups in total. The molecule has 3 nitrogen and oxygen atoms in total. The van der Waals surface area contributed by atoms with Crippen LogP contribution in [0.2, 0.25) is 0 Å². The van der Waals surface area contributed by atoms with Crippen LogP contribution in [0.25, 0.3) is 0 Å². The van der Waals surface area contributed by atoms with Gasteiger partial charge < -0.3 is 4.90 Å². The molecule has 1 aliphatic carbocycles. The van der Waals surface area contributed by atoms with Crippen LogP contribution in [0.3, 0.4) is 0 Å². The zero-order valence-electron chi connectivity index (χ0n) is 12.3. The van der Waals surface area contributed by atoms with E-state index < -0.39 is 0 Å². The molecule has 0 aromatic carbocycles. The van der Waals surface area contributed by atoms with Crippen molar-refractivity contribution in [1.29, 1.82) is 0 Å². The number of Topliss-reactive ketones (excluding diaryl/α,β-unsaturated/α-hetero) is 1. The van der Waals surface area contributed by atoms with E-state index in [1.54, 1.807) is 11.9 Å². The molecule has 1 heterocycles. The normalized spacial score (nSPS) is 17.7. The fraction of sp³-hybridized carbons (Fsp3) is 0.625. The summed E-state index contributed by atoms with van der Waals surface area (Å²) in [6, 6.07) is 3.68. The second-order valence-corrected chi connectivity index (χ2v) is 6.73. The molecule has 0 radical (unpaired) electrons. The van der Waals surface area contributed by atoms with Crippen LogP contribution >= 0.6 is 11.3 Å². The van der Waals surface area contributed by atoms with E-state index >= 15 is 0 Å². The molecule has 0 bridgehead atoms. The number of nitrogens with zero attached hydrogens (tertiary/aromatic N) is 1. The van der Waals surface area contributed by atoms with Crippen molar-refractivity contribution in [2.24, 2.45) is 11.8 Å². The maximum atomic E-state index is 12.4. The summed E-state index contributed by atoms with van der Waals surface area (Å²) in [6.07, 6.45) is 6.07. The first-order valence-electron chi connectivity index (χ1n) is 7.41. The van der Waals surface area contributed by atoms with Gasteiger partial charge >= 0.3 is 0 Å². The Kier molecular flexibility index (Phi) is 5.35. The lowest BCUT2D eigenvalue weighted by molar-refractivity contribution is -0.135. The highest BCUT2D eigenvalue weighted by atomic mass is 32.1. The lowest BCUT2D eigenvalue weighted by Gasteiger charge is -2.29. The first-order valence-corrected chi connectivity index (χ1v) is 8.29. The number of hydrogen-bond acceptors (Lipinski definition) is 3. The summed E-state index contributed by atoms with van der Waals surface area (Å²) in [6.45, 7) is 2.21. The molecule has 1 saturated carbocycles. The lowest BCUT2D eigenvalue weighted by Crippen LogP contribution is -2.38. The highest BCUT2D eigenvalue weighted by molar-refractivity contribution is 7.12. The van der Waals surface area contributed by atoms with Gasteiger partial charge in [-0.15, -0.1) is 11.3 Å². The minimum atomic E-state index is 0.0340. The van der Waals surface area contributed by atoms with E-state index in [0.29, 0.717) is 5.92 Å². The molecular formula is C16H23NO2S. The third kappa shape index (κ3) is 3.69. The van der Waals surface area contributed by atoms with Crippen LogP contribution in [0.4, 0.5) is 0 Å². The third-order valence-electron chi connectivity index (χ3n) is 4.30. The average Bonchev–Trinajstić information content (AvgIpc) is 3.01. The molecule has 110 valence electrons. The number of carbonyl (C=O) groups is 2. The Morgan fingerprint density at radius 3 is 2.65 bits per heavy atom. The van der Waals surface area contributed by atoms with Gasteiger partial charge in [0, 0.05) is 13.0 Å². The van der Waals surface area contributed by atoms with Gasteiger partial charge in [-0.1, -0.05) is 32.3 Å². The zero-order valence-corrected chi connectivity index (χ0v) is 13.1. The summed E-state index contributed by atoms with van der Waals surface area (Å²) in [5.41, 5.74) is 0. The van der Waals surface area contributed by atoms with Crippen molar-refractivity contribution in [2.75, 3.05) is 13.6 Å². The van der Waals surface area contributed by atoms with Crippen LogP contribution in [0.5, 0.6) is 0 Å². The topological polar surface area (TPSA) is 37.4 Å². The molecule has 1 amide bonds. The van der Waals surface area contributed by atoms with Gasteiger partial charge in [0.25, 0.3) is 0 Å². The van der Waals surface area contributed by atoms with E-state index in [1.165, 1.54) is 30.6 Å². The maximum absolute atomic E-state index is 12.4. The number of hydrogen-bond donors (Lipinski definition) is 0. The molecule has 1 aliphatic rings. The van der Waals surface area contributed by atoms with Gasteiger partial charge in [-0.05, 0) is 30.2 Å². The molecule has 20 heavy (non-hydrogen) atoms. The van der Waals surface area contributed by atoms with E-state index in [0.717, 1.165) is 17.7 Å². The van der Waals surface area contributed by atoms with Gasteiger partial charge in [-0.2, -0.15) is 0 Å². The van der Waals surface area contributed by atoms with Crippen LogP contribution in [0, 0.1) is 11.8 Å². The summed E-state index contributed by atoms with van der Waals surface area (Å²) < 4.78 is 0. The van der Waals surface area contributed by atoms with Crippen LogP contribution < -0.4 is 0 Å². The quantitative estimate of drug-likeness (QED) is 0.778. The van der Waals surface area contributed by atoms with Crippen LogP contribution in [-0.4, -0.2) is 30.2 Å². The predicted molar refractivity (Wildman–Crippen MR) is 82.0 cm³/mol. The lowest BCUT2D eigenvalue weighted by atomic mass is 9.80. The minimum absolute atomic E-state index is 0.0340. The van der Waals surface area contributed by atoms with Gasteiger partial charge in [-0.3, -0.25) is 9.59 Å². The number of rotatable bonds is 5. The largest absolute Gasteiger partial charge is 0.338 e. The van der Waals surface area contributed by atoms with E-state index in [9.17, 15) is 9.59 Å². The number of likely N-dealkylation sites (N-methyl/N-ethyl adjacent to an activating group) is 1. The van der Waals surface area contributed by atoms with Gasteiger partial charge in [0.1, 0.15) is 0 Å². The molecule has 1 fully saturated rings. The van der Waals surface area contributed by atoms with E-state index in [-0.39, 0.29) is 24.2 Å². The van der Waals surface area contributed by atoms with Crippen molar-refractivity contribution in [1.82, 2.24) is 4.90 Å². The molecule has 1 aromatic rings. The standard InChI is InChI=1S/C16H23NO2S/c1-12(13-7-4-3-5-8-13)16(19)17(2)11-14(18)15-9-6-10-20-15/h6,9-10,12-13H,3-5,7-8,11H2,1-2H3/t12-/m0/s1. The minimum Gasteiger partial charge on any atom is -0.338 e. The Balaban J connectivity index is 1.89. The summed E-state index contributed by atoms with van der Waals surface area (Å²) in [5, 5.41) is 1.89. The molecule has 1 atom stereocenters. The molecule has 0 unspecified atom stereocenters. The van der Waals surface area contributed by atoms with E-state index in [4.69, 9.17) is 0 Å². The summed E-state index contributed by atoms with van der Waals surface area (Å²) in [7, 11) is 1.74. The number of amides is 1. The van der Waals surface area contributed by atoms with Crippen LogP contribution in [-0.2, 0) is 4.79 Å². The Bertz CT molecular complexity index is 449. The predicted octanol–water partition coefficient (Wildman–Crippen LogP) is 3.61. The SMILES string of the molecule is C[C@H](C(=O)N(C)CC(=O)c1cccs1)C1CCCCC1. The monoisotopic (exact) mass is 293 g/mol. The van der Waals surface area contributed by atoms with Crippen molar-refractivity contribution in [3.8, 4) is 0 Å². The van der Waals surface area contributed by atoms with Gasteiger partial charge in [-0.25, -0.2) is 0 Å². The van der Waals surface area contributed by atoms with Crippen LogP contribution in [0.1, 0.15) is 48.7 Å². The summed E-state index contributed by atoms with van der Waals surface area (Å²) >= 11 is 1.43. The Labute approximate surface area is 125 Å². The Morgan fingerprint density at radius 1 is 1.35 bits per heavy atom. The Hall–Kier alpha value is -1.16. The highest BCUT2D eigenvalue weighted by Gasteiger charge is 2.28. The van der Waals surface area contributed by atoms with Gasteiger partial charge in [0.15, 0.2) is 5.78 Å². The molecule has 2 rings (SSSR count). The van der Waals surface area contributed by atoms with E-state index in [1.807, 2.05) is 24.4 Å². The number of ketones is 1. The first-order chi connectivity index (χ1) is 9.59. The van der Waals surface area contributed by atoms with Crippen molar-refractivity contribution >= 4 is 23.0 Å². The fourth-order valence-corrected chi connectivity index (χ4v) is 3.65. The van der Waals surface area contributed by atoms with Crippen molar-refractivity contribution in [2.45, 2.75) is 39.0 Å². The van der Waals surface area contributed by atoms with Gasteiger partial charge in [0.2, 0.25) is 5.91 Å². The molecule has 4 heteroatoms. The fourth-order valence-electron chi connectivity index (χ4n) is 2.99. The number of carbonyl (C=O) groups excluding carboxylic acids is 2. The summed E-state index contributed by atoms with van der Waals surface area (Å²) in [4.78, 5) is 26.8. The third-order valence-corrected chi connectivity index (χ3v) is 5.21. The number of thiophene rings is 1. The molecular weight excluding hydrogens is 270 g/mol. The molecule has 0 saturated heterocycles.